The second kappa shape index (κ2) is 8.09. The summed E-state index contributed by atoms with van der Waals surface area (Å²) in [6, 6.07) is -2.79. The molecule has 0 saturated carbocycles. The molecule has 8 heteroatoms. The van der Waals surface area contributed by atoms with E-state index in [9.17, 15) is 19.5 Å². The van der Waals surface area contributed by atoms with Gasteiger partial charge in [-0.3, -0.25) is 9.59 Å². The molecule has 4 atom stereocenters. The van der Waals surface area contributed by atoms with E-state index in [1.807, 2.05) is 6.92 Å². The van der Waals surface area contributed by atoms with E-state index in [-0.39, 0.29) is 5.92 Å². The number of carboxylic acids is 1. The first kappa shape index (κ1) is 18.4. The van der Waals surface area contributed by atoms with Gasteiger partial charge in [0, 0.05) is 6.54 Å². The van der Waals surface area contributed by atoms with Gasteiger partial charge in [0.15, 0.2) is 0 Å². The topological polar surface area (TPSA) is 133 Å². The second-order valence-electron chi connectivity index (χ2n) is 5.69. The van der Waals surface area contributed by atoms with Crippen molar-refractivity contribution in [3.8, 4) is 0 Å². The van der Waals surface area contributed by atoms with E-state index in [0.29, 0.717) is 25.8 Å². The maximum atomic E-state index is 12.7. The summed E-state index contributed by atoms with van der Waals surface area (Å²) in [5, 5.41) is 20.7. The number of aliphatic hydroxyl groups excluding tert-OH is 1. The van der Waals surface area contributed by atoms with Gasteiger partial charge in [-0.05, 0) is 18.8 Å². The zero-order chi connectivity index (χ0) is 16.9. The van der Waals surface area contributed by atoms with Gasteiger partial charge in [-0.2, -0.15) is 0 Å². The smallest absolute Gasteiger partial charge is 0.326 e. The second-order valence-corrected chi connectivity index (χ2v) is 5.69. The van der Waals surface area contributed by atoms with Crippen LogP contribution in [0.5, 0.6) is 0 Å². The predicted octanol–water partition coefficient (Wildman–Crippen LogP) is -1.09. The molecule has 0 bridgehead atoms. The lowest BCUT2D eigenvalue weighted by molar-refractivity contribution is -0.150. The van der Waals surface area contributed by atoms with Gasteiger partial charge in [0.2, 0.25) is 11.8 Å². The van der Waals surface area contributed by atoms with E-state index >= 15 is 0 Å². The Bertz CT molecular complexity index is 429. The summed E-state index contributed by atoms with van der Waals surface area (Å²) in [5.41, 5.74) is 5.45. The number of hydrogen-bond acceptors (Lipinski definition) is 5. The van der Waals surface area contributed by atoms with E-state index in [1.165, 1.54) is 4.90 Å². The van der Waals surface area contributed by atoms with Gasteiger partial charge in [-0.15, -0.1) is 0 Å². The highest BCUT2D eigenvalue weighted by Gasteiger charge is 2.39. The van der Waals surface area contributed by atoms with E-state index in [1.54, 1.807) is 6.92 Å². The van der Waals surface area contributed by atoms with Crippen molar-refractivity contribution in [2.24, 2.45) is 11.7 Å². The molecule has 1 saturated heterocycles. The zero-order valence-electron chi connectivity index (χ0n) is 13.0. The van der Waals surface area contributed by atoms with Gasteiger partial charge in [0.05, 0.1) is 6.61 Å². The Hall–Kier alpha value is -1.67. The Kier molecular flexibility index (Phi) is 6.76. The summed E-state index contributed by atoms with van der Waals surface area (Å²) in [7, 11) is 0. The number of aliphatic carboxylic acids is 1. The van der Waals surface area contributed by atoms with Crippen molar-refractivity contribution in [2.45, 2.75) is 51.2 Å². The maximum absolute atomic E-state index is 12.7. The van der Waals surface area contributed by atoms with Crippen LogP contribution in [0.25, 0.3) is 0 Å². The molecule has 0 aromatic rings. The SMILES string of the molecule is CCC(C)C(NC(=O)C(N)CO)C(=O)N1CCCC1C(=O)O. The molecule has 22 heavy (non-hydrogen) atoms. The van der Waals surface area contributed by atoms with Crippen LogP contribution in [-0.4, -0.2) is 64.2 Å². The molecule has 1 aliphatic rings. The molecule has 4 unspecified atom stereocenters. The molecular formula is C14H25N3O5. The molecule has 0 radical (unpaired) electrons. The van der Waals surface area contributed by atoms with Crippen molar-refractivity contribution >= 4 is 17.8 Å². The first-order valence-corrected chi connectivity index (χ1v) is 7.53. The summed E-state index contributed by atoms with van der Waals surface area (Å²) in [6.07, 6.45) is 1.68. The molecule has 1 heterocycles. The Balaban J connectivity index is 2.89. The predicted molar refractivity (Wildman–Crippen MR) is 78.8 cm³/mol. The van der Waals surface area contributed by atoms with Crippen molar-refractivity contribution < 1.29 is 24.6 Å². The Morgan fingerprint density at radius 1 is 1.41 bits per heavy atom. The van der Waals surface area contributed by atoms with Crippen molar-refractivity contribution in [3.05, 3.63) is 0 Å². The number of rotatable bonds is 7. The fraction of sp³-hybridized carbons (Fsp3) is 0.786. The molecule has 5 N–H and O–H groups in total. The number of likely N-dealkylation sites (tertiary alicyclic amines) is 1. The average Bonchev–Trinajstić information content (AvgIpc) is 2.99. The van der Waals surface area contributed by atoms with Gasteiger partial charge in [-0.1, -0.05) is 20.3 Å². The molecule has 0 aromatic heterocycles. The number of nitrogens with zero attached hydrogens (tertiary/aromatic N) is 1. The van der Waals surface area contributed by atoms with Crippen LogP contribution in [0, 0.1) is 5.92 Å². The number of carboxylic acid groups (broad SMARTS) is 1. The maximum Gasteiger partial charge on any atom is 0.326 e. The molecular weight excluding hydrogens is 290 g/mol. The summed E-state index contributed by atoms with van der Waals surface area (Å²) in [4.78, 5) is 37.0. The van der Waals surface area contributed by atoms with Gasteiger partial charge in [0.25, 0.3) is 0 Å². The minimum atomic E-state index is -1.10. The number of hydrogen-bond donors (Lipinski definition) is 4. The molecule has 0 aliphatic carbocycles. The minimum Gasteiger partial charge on any atom is -0.480 e. The molecule has 1 fully saturated rings. The number of nitrogens with two attached hydrogens (primary N) is 1. The van der Waals surface area contributed by atoms with E-state index in [4.69, 9.17) is 10.8 Å². The van der Waals surface area contributed by atoms with Crippen molar-refractivity contribution in [1.29, 1.82) is 0 Å². The molecule has 8 nitrogen and oxygen atoms in total. The summed E-state index contributed by atoms with van der Waals surface area (Å²) in [6.45, 7) is 3.53. The Morgan fingerprint density at radius 2 is 2.05 bits per heavy atom. The number of amides is 2. The van der Waals surface area contributed by atoms with Gasteiger partial charge < -0.3 is 26.2 Å². The van der Waals surface area contributed by atoms with Crippen LogP contribution < -0.4 is 11.1 Å². The standard InChI is InChI=1S/C14H25N3O5/c1-3-8(2)11(16-12(19)9(15)7-18)13(20)17-6-4-5-10(17)14(21)22/h8-11,18H,3-7,15H2,1-2H3,(H,16,19)(H,21,22). The summed E-state index contributed by atoms with van der Waals surface area (Å²) >= 11 is 0. The molecule has 0 aromatic carbocycles. The highest BCUT2D eigenvalue weighted by Crippen LogP contribution is 2.21. The van der Waals surface area contributed by atoms with Gasteiger partial charge in [0.1, 0.15) is 18.1 Å². The lowest BCUT2D eigenvalue weighted by Gasteiger charge is -2.30. The molecule has 1 aliphatic heterocycles. The number of nitrogens with one attached hydrogen (secondary N) is 1. The lowest BCUT2D eigenvalue weighted by atomic mass is 9.97. The average molecular weight is 315 g/mol. The fourth-order valence-corrected chi connectivity index (χ4v) is 2.49. The molecule has 0 spiro atoms. The number of carbonyl (C=O) groups excluding carboxylic acids is 2. The molecule has 1 rings (SSSR count). The normalized spacial score (nSPS) is 22.0. The largest absolute Gasteiger partial charge is 0.480 e. The summed E-state index contributed by atoms with van der Waals surface area (Å²) < 4.78 is 0. The third-order valence-corrected chi connectivity index (χ3v) is 4.13. The Morgan fingerprint density at radius 3 is 2.55 bits per heavy atom. The third-order valence-electron chi connectivity index (χ3n) is 4.13. The lowest BCUT2D eigenvalue weighted by Crippen LogP contribution is -2.57. The highest BCUT2D eigenvalue weighted by molar-refractivity contribution is 5.92. The molecule has 2 amide bonds. The first-order valence-electron chi connectivity index (χ1n) is 7.53. The van der Waals surface area contributed by atoms with Crippen LogP contribution in [0.3, 0.4) is 0 Å². The van der Waals surface area contributed by atoms with E-state index in [0.717, 1.165) is 0 Å². The van der Waals surface area contributed by atoms with Crippen molar-refractivity contribution in [2.75, 3.05) is 13.2 Å². The van der Waals surface area contributed by atoms with Crippen molar-refractivity contribution in [3.63, 3.8) is 0 Å². The van der Waals surface area contributed by atoms with Crippen LogP contribution >= 0.6 is 0 Å². The van der Waals surface area contributed by atoms with Crippen LogP contribution in [0.4, 0.5) is 0 Å². The number of aliphatic hydroxyl groups is 1. The first-order chi connectivity index (χ1) is 10.3. The monoisotopic (exact) mass is 315 g/mol. The Labute approximate surface area is 129 Å². The minimum absolute atomic E-state index is 0.169. The highest BCUT2D eigenvalue weighted by atomic mass is 16.4. The van der Waals surface area contributed by atoms with Gasteiger partial charge >= 0.3 is 5.97 Å². The van der Waals surface area contributed by atoms with E-state index in [2.05, 4.69) is 5.32 Å². The number of carbonyl (C=O) groups is 3. The van der Waals surface area contributed by atoms with Crippen molar-refractivity contribution in [1.82, 2.24) is 10.2 Å². The van der Waals surface area contributed by atoms with Crippen LogP contribution in [0.1, 0.15) is 33.1 Å². The quantitative estimate of drug-likeness (QED) is 0.472. The third kappa shape index (κ3) is 4.17. The van der Waals surface area contributed by atoms with Crippen LogP contribution in [-0.2, 0) is 14.4 Å². The van der Waals surface area contributed by atoms with Gasteiger partial charge in [-0.25, -0.2) is 4.79 Å². The summed E-state index contributed by atoms with van der Waals surface area (Å²) in [5.74, 6) is -2.23. The van der Waals surface area contributed by atoms with E-state index < -0.39 is 42.5 Å². The molecule has 126 valence electrons. The van der Waals surface area contributed by atoms with Crippen LogP contribution in [0.2, 0.25) is 0 Å². The zero-order valence-corrected chi connectivity index (χ0v) is 13.0. The van der Waals surface area contributed by atoms with Crippen LogP contribution in [0.15, 0.2) is 0 Å². The fourth-order valence-electron chi connectivity index (χ4n) is 2.49.